The molecule has 1 aromatic heterocycles. The summed E-state index contributed by atoms with van der Waals surface area (Å²) >= 11 is 1.27. The molecule has 7 heteroatoms. The molecule has 0 radical (unpaired) electrons. The number of amides is 1. The monoisotopic (exact) mass is 283 g/mol. The van der Waals surface area contributed by atoms with Gasteiger partial charge in [0.05, 0.1) is 5.92 Å². The molecule has 104 valence electrons. The maximum Gasteiger partial charge on any atom is 0.309 e. The van der Waals surface area contributed by atoms with Crippen molar-refractivity contribution < 1.29 is 14.3 Å². The summed E-state index contributed by atoms with van der Waals surface area (Å²) < 4.78 is 5.26. The summed E-state index contributed by atoms with van der Waals surface area (Å²) in [6.07, 6.45) is 1.15. The number of rotatable bonds is 4. The van der Waals surface area contributed by atoms with Gasteiger partial charge >= 0.3 is 5.97 Å². The molecule has 1 aliphatic heterocycles. The van der Waals surface area contributed by atoms with Gasteiger partial charge in [0.2, 0.25) is 11.0 Å². The number of hydrogen-bond acceptors (Lipinski definition) is 6. The summed E-state index contributed by atoms with van der Waals surface area (Å²) in [7, 11) is 0. The Labute approximate surface area is 115 Å². The summed E-state index contributed by atoms with van der Waals surface area (Å²) in [4.78, 5) is 23.6. The maximum absolute atomic E-state index is 11.9. The lowest BCUT2D eigenvalue weighted by Gasteiger charge is -2.15. The Morgan fingerprint density at radius 2 is 2.42 bits per heavy atom. The molecule has 1 amide bonds. The van der Waals surface area contributed by atoms with Crippen LogP contribution in [0.2, 0.25) is 0 Å². The Morgan fingerprint density at radius 1 is 1.68 bits per heavy atom. The highest BCUT2D eigenvalue weighted by Gasteiger charge is 2.41. The average Bonchev–Trinajstić information content (AvgIpc) is 2.87. The van der Waals surface area contributed by atoms with Crippen LogP contribution in [0, 0.1) is 11.8 Å². The van der Waals surface area contributed by atoms with Crippen molar-refractivity contribution in [2.45, 2.75) is 39.2 Å². The molecule has 2 heterocycles. The Bertz CT molecular complexity index is 473. The third-order valence-corrected chi connectivity index (χ3v) is 3.73. The van der Waals surface area contributed by atoms with Gasteiger partial charge in [-0.15, -0.1) is 10.2 Å². The molecule has 1 aliphatic rings. The van der Waals surface area contributed by atoms with E-state index in [0.29, 0.717) is 18.0 Å². The minimum absolute atomic E-state index is 0.144. The van der Waals surface area contributed by atoms with Gasteiger partial charge in [-0.1, -0.05) is 18.3 Å². The molecule has 1 saturated heterocycles. The van der Waals surface area contributed by atoms with Crippen LogP contribution in [0.1, 0.15) is 33.6 Å². The second-order valence-corrected chi connectivity index (χ2v) is 6.28. The van der Waals surface area contributed by atoms with E-state index < -0.39 is 5.60 Å². The van der Waals surface area contributed by atoms with Gasteiger partial charge < -0.3 is 10.1 Å². The summed E-state index contributed by atoms with van der Waals surface area (Å²) in [5.74, 6) is -0.824. The first kappa shape index (κ1) is 13.9. The second kappa shape index (κ2) is 5.24. The SMILES string of the molecule is C[C@H](C[C@H]1CC(C)(C)OC1=O)C(=O)Nc1nncs1. The molecule has 0 aromatic carbocycles. The first-order chi connectivity index (χ1) is 8.87. The number of ether oxygens (including phenoxy) is 1. The van der Waals surface area contributed by atoms with Crippen molar-refractivity contribution in [1.82, 2.24) is 10.2 Å². The Kier molecular flexibility index (Phi) is 3.84. The normalized spacial score (nSPS) is 22.9. The van der Waals surface area contributed by atoms with Crippen LogP contribution < -0.4 is 5.32 Å². The number of nitrogens with one attached hydrogen (secondary N) is 1. The molecule has 1 fully saturated rings. The van der Waals surface area contributed by atoms with Crippen molar-refractivity contribution in [1.29, 1.82) is 0 Å². The number of anilines is 1. The molecule has 0 bridgehead atoms. The molecule has 1 N–H and O–H groups in total. The van der Waals surface area contributed by atoms with Crippen molar-refractivity contribution in [2.24, 2.45) is 11.8 Å². The van der Waals surface area contributed by atoms with Gasteiger partial charge in [-0.05, 0) is 26.7 Å². The van der Waals surface area contributed by atoms with Gasteiger partial charge in [-0.2, -0.15) is 0 Å². The molecule has 2 atom stereocenters. The highest BCUT2D eigenvalue weighted by atomic mass is 32.1. The first-order valence-corrected chi connectivity index (χ1v) is 7.05. The van der Waals surface area contributed by atoms with E-state index >= 15 is 0 Å². The van der Waals surface area contributed by atoms with Gasteiger partial charge in [-0.3, -0.25) is 9.59 Å². The highest BCUT2D eigenvalue weighted by molar-refractivity contribution is 7.13. The van der Waals surface area contributed by atoms with E-state index in [-0.39, 0.29) is 23.7 Å². The average molecular weight is 283 g/mol. The fourth-order valence-corrected chi connectivity index (χ4v) is 2.69. The van der Waals surface area contributed by atoms with E-state index in [0.717, 1.165) is 0 Å². The van der Waals surface area contributed by atoms with Crippen LogP contribution in [-0.4, -0.2) is 27.7 Å². The topological polar surface area (TPSA) is 81.2 Å². The predicted octanol–water partition coefficient (Wildman–Crippen LogP) is 1.84. The summed E-state index contributed by atoms with van der Waals surface area (Å²) in [5.41, 5.74) is 1.13. The highest BCUT2D eigenvalue weighted by Crippen LogP contribution is 2.34. The lowest BCUT2D eigenvalue weighted by atomic mass is 9.89. The fraction of sp³-hybridized carbons (Fsp3) is 0.667. The van der Waals surface area contributed by atoms with Crippen LogP contribution in [0.25, 0.3) is 0 Å². The molecule has 19 heavy (non-hydrogen) atoms. The Balaban J connectivity index is 1.89. The zero-order chi connectivity index (χ0) is 14.0. The Hall–Kier alpha value is -1.50. The smallest absolute Gasteiger partial charge is 0.309 e. The number of carbonyl (C=O) groups excluding carboxylic acids is 2. The number of esters is 1. The van der Waals surface area contributed by atoms with Crippen LogP contribution in [0.4, 0.5) is 5.13 Å². The third kappa shape index (κ3) is 3.50. The van der Waals surface area contributed by atoms with Gasteiger partial charge in [0.15, 0.2) is 0 Å². The lowest BCUT2D eigenvalue weighted by Crippen LogP contribution is -2.24. The van der Waals surface area contributed by atoms with E-state index in [4.69, 9.17) is 4.74 Å². The van der Waals surface area contributed by atoms with E-state index in [1.54, 1.807) is 12.4 Å². The van der Waals surface area contributed by atoms with E-state index in [9.17, 15) is 9.59 Å². The standard InChI is InChI=1S/C12H17N3O3S/c1-7(9(16)14-11-15-13-6-19-11)4-8-5-12(2,3)18-10(8)17/h6-8H,4-5H2,1-3H3,(H,14,15,16)/t7-,8+/m1/s1. The van der Waals surface area contributed by atoms with Gasteiger partial charge in [0.1, 0.15) is 11.1 Å². The van der Waals surface area contributed by atoms with Crippen molar-refractivity contribution >= 4 is 28.3 Å². The molecule has 0 aliphatic carbocycles. The summed E-state index contributed by atoms with van der Waals surface area (Å²) in [5, 5.41) is 10.6. The van der Waals surface area contributed by atoms with Crippen LogP contribution in [0.5, 0.6) is 0 Å². The van der Waals surface area contributed by atoms with Crippen LogP contribution in [0.3, 0.4) is 0 Å². The van der Waals surface area contributed by atoms with Crippen LogP contribution in [-0.2, 0) is 14.3 Å². The summed E-state index contributed by atoms with van der Waals surface area (Å²) in [6, 6.07) is 0. The largest absolute Gasteiger partial charge is 0.459 e. The minimum Gasteiger partial charge on any atom is -0.459 e. The molecule has 0 unspecified atom stereocenters. The molecule has 6 nitrogen and oxygen atoms in total. The van der Waals surface area contributed by atoms with Crippen LogP contribution in [0.15, 0.2) is 5.51 Å². The van der Waals surface area contributed by atoms with Crippen molar-refractivity contribution in [3.05, 3.63) is 5.51 Å². The minimum atomic E-state index is -0.419. The van der Waals surface area contributed by atoms with E-state index in [1.165, 1.54) is 11.3 Å². The van der Waals surface area contributed by atoms with Crippen molar-refractivity contribution in [3.8, 4) is 0 Å². The number of nitrogens with zero attached hydrogens (tertiary/aromatic N) is 2. The molecular formula is C12H17N3O3S. The van der Waals surface area contributed by atoms with Crippen LogP contribution >= 0.6 is 11.3 Å². The molecule has 0 spiro atoms. The molecule has 0 saturated carbocycles. The van der Waals surface area contributed by atoms with Gasteiger partial charge in [0.25, 0.3) is 0 Å². The first-order valence-electron chi connectivity index (χ1n) is 6.17. The molecular weight excluding hydrogens is 266 g/mol. The number of hydrogen-bond donors (Lipinski definition) is 1. The van der Waals surface area contributed by atoms with Gasteiger partial charge in [0, 0.05) is 5.92 Å². The zero-order valence-electron chi connectivity index (χ0n) is 11.2. The predicted molar refractivity (Wildman–Crippen MR) is 70.6 cm³/mol. The fourth-order valence-electron chi connectivity index (χ4n) is 2.24. The number of carbonyl (C=O) groups is 2. The quantitative estimate of drug-likeness (QED) is 0.853. The zero-order valence-corrected chi connectivity index (χ0v) is 12.0. The molecule has 1 aromatic rings. The molecule has 2 rings (SSSR count). The maximum atomic E-state index is 11.9. The summed E-state index contributed by atoms with van der Waals surface area (Å²) in [6.45, 7) is 5.57. The second-order valence-electron chi connectivity index (χ2n) is 5.45. The third-order valence-electron chi connectivity index (χ3n) is 3.12. The lowest BCUT2D eigenvalue weighted by molar-refractivity contribution is -0.148. The Morgan fingerprint density at radius 3 is 2.95 bits per heavy atom. The van der Waals surface area contributed by atoms with Crippen molar-refractivity contribution in [2.75, 3.05) is 5.32 Å². The van der Waals surface area contributed by atoms with E-state index in [2.05, 4.69) is 15.5 Å². The van der Waals surface area contributed by atoms with Crippen molar-refractivity contribution in [3.63, 3.8) is 0 Å². The number of aromatic nitrogens is 2. The number of cyclic esters (lactones) is 1. The van der Waals surface area contributed by atoms with Gasteiger partial charge in [-0.25, -0.2) is 0 Å². The van der Waals surface area contributed by atoms with E-state index in [1.807, 2.05) is 13.8 Å².